The molecule has 1 fully saturated rings. The zero-order valence-corrected chi connectivity index (χ0v) is 19.5. The second-order valence-electron chi connectivity index (χ2n) is 9.33. The Kier molecular flexibility index (Phi) is 7.20. The lowest BCUT2D eigenvalue weighted by Gasteiger charge is -2.37. The number of carbonyl (C=O) groups excluding carboxylic acids is 2. The number of alkyl carbamates (subject to hydrolysis) is 1. The highest BCUT2D eigenvalue weighted by molar-refractivity contribution is 5.84. The van der Waals surface area contributed by atoms with Crippen molar-refractivity contribution in [1.29, 1.82) is 0 Å². The number of hydrogen-bond donors (Lipinski definition) is 3. The van der Waals surface area contributed by atoms with Crippen LogP contribution in [-0.4, -0.2) is 41.3 Å². The predicted octanol–water partition coefficient (Wildman–Crippen LogP) is 4.60. The second-order valence-corrected chi connectivity index (χ2v) is 9.33. The molecule has 2 aromatic rings. The van der Waals surface area contributed by atoms with Crippen LogP contribution in [0.1, 0.15) is 68.9 Å². The monoisotopic (exact) mass is 464 g/mol. The number of fused-ring (bicyclic) bond motifs is 3. The van der Waals surface area contributed by atoms with Gasteiger partial charge in [-0.15, -0.1) is 0 Å². The van der Waals surface area contributed by atoms with Gasteiger partial charge < -0.3 is 20.5 Å². The molecule has 1 atom stereocenters. The molecule has 7 nitrogen and oxygen atoms in total. The van der Waals surface area contributed by atoms with E-state index in [0.29, 0.717) is 19.3 Å². The van der Waals surface area contributed by atoms with Gasteiger partial charge in [0.15, 0.2) is 0 Å². The van der Waals surface area contributed by atoms with E-state index < -0.39 is 23.6 Å². The quantitative estimate of drug-likeness (QED) is 0.530. The Morgan fingerprint density at radius 1 is 1.00 bits per heavy atom. The smallest absolute Gasteiger partial charge is 0.407 e. The molecule has 0 spiro atoms. The molecule has 3 N–H and O–H groups in total. The van der Waals surface area contributed by atoms with Crippen molar-refractivity contribution >= 4 is 18.0 Å². The van der Waals surface area contributed by atoms with Crippen molar-refractivity contribution in [3.05, 3.63) is 59.7 Å². The summed E-state index contributed by atoms with van der Waals surface area (Å²) in [6, 6.07) is 15.4. The summed E-state index contributed by atoms with van der Waals surface area (Å²) in [6.45, 7) is 1.92. The fourth-order valence-electron chi connectivity index (χ4n) is 5.32. The van der Waals surface area contributed by atoms with Crippen LogP contribution in [0.4, 0.5) is 4.79 Å². The summed E-state index contributed by atoms with van der Waals surface area (Å²) in [5.41, 5.74) is 3.89. The fourth-order valence-corrected chi connectivity index (χ4v) is 5.32. The van der Waals surface area contributed by atoms with Crippen LogP contribution >= 0.6 is 0 Å². The number of carboxylic acids is 1. The van der Waals surface area contributed by atoms with E-state index in [1.165, 1.54) is 0 Å². The molecule has 4 rings (SSSR count). The third-order valence-corrected chi connectivity index (χ3v) is 7.06. The highest BCUT2D eigenvalue weighted by atomic mass is 16.5. The first-order valence-electron chi connectivity index (χ1n) is 12.1. The highest BCUT2D eigenvalue weighted by Crippen LogP contribution is 2.44. The van der Waals surface area contributed by atoms with Gasteiger partial charge in [-0.25, -0.2) is 9.59 Å². The van der Waals surface area contributed by atoms with Crippen molar-refractivity contribution in [2.24, 2.45) is 0 Å². The Morgan fingerprint density at radius 3 is 2.15 bits per heavy atom. The lowest BCUT2D eigenvalue weighted by Crippen LogP contribution is -2.54. The lowest BCUT2D eigenvalue weighted by atomic mass is 9.79. The number of nitrogens with one attached hydrogen (secondary N) is 2. The van der Waals surface area contributed by atoms with Crippen molar-refractivity contribution in [2.45, 2.75) is 69.4 Å². The fraction of sp³-hybridized carbons (Fsp3) is 0.444. The summed E-state index contributed by atoms with van der Waals surface area (Å²) < 4.78 is 5.71. The van der Waals surface area contributed by atoms with Gasteiger partial charge in [0, 0.05) is 12.3 Å². The van der Waals surface area contributed by atoms with Gasteiger partial charge >= 0.3 is 12.1 Å². The number of carboxylic acid groups (broad SMARTS) is 1. The van der Waals surface area contributed by atoms with Gasteiger partial charge in [0.25, 0.3) is 0 Å². The van der Waals surface area contributed by atoms with Gasteiger partial charge in [-0.05, 0) is 41.5 Å². The molecule has 34 heavy (non-hydrogen) atoms. The van der Waals surface area contributed by atoms with Gasteiger partial charge in [0.2, 0.25) is 5.91 Å². The summed E-state index contributed by atoms with van der Waals surface area (Å²) in [7, 11) is 0. The molecule has 7 heteroatoms. The van der Waals surface area contributed by atoms with E-state index in [-0.39, 0.29) is 24.9 Å². The molecule has 0 saturated heterocycles. The van der Waals surface area contributed by atoms with E-state index in [1.807, 2.05) is 24.3 Å². The van der Waals surface area contributed by atoms with E-state index in [0.717, 1.165) is 41.5 Å². The molecule has 0 bridgehead atoms. The van der Waals surface area contributed by atoms with Crippen LogP contribution in [0.5, 0.6) is 0 Å². The number of amides is 2. The van der Waals surface area contributed by atoms with Crippen molar-refractivity contribution in [2.75, 3.05) is 6.61 Å². The standard InChI is InChI=1S/C27H32N2O5/c1-2-23(25(31)32)28-24(30)16-27(14-8-3-9-15-27)29-26(33)34-17-22-20-12-6-4-10-18(20)19-11-5-7-13-21(19)22/h4-7,10-13,22-23H,2-3,8-9,14-17H2,1H3,(H,28,30)(H,29,33)(H,31,32). The van der Waals surface area contributed by atoms with Crippen molar-refractivity contribution in [3.63, 3.8) is 0 Å². The third-order valence-electron chi connectivity index (χ3n) is 7.06. The molecule has 1 saturated carbocycles. The molecular weight excluding hydrogens is 432 g/mol. The minimum Gasteiger partial charge on any atom is -0.480 e. The van der Waals surface area contributed by atoms with Gasteiger partial charge in [-0.3, -0.25) is 4.79 Å². The number of ether oxygens (including phenoxy) is 1. The van der Waals surface area contributed by atoms with Crippen LogP contribution < -0.4 is 10.6 Å². The van der Waals surface area contributed by atoms with E-state index in [1.54, 1.807) is 6.92 Å². The SMILES string of the molecule is CCC(NC(=O)CC1(NC(=O)OCC2c3ccccc3-c3ccccc32)CCCCC1)C(=O)O. The maximum atomic E-state index is 12.9. The van der Waals surface area contributed by atoms with Crippen LogP contribution in [0.15, 0.2) is 48.5 Å². The number of aliphatic carboxylic acids is 1. The van der Waals surface area contributed by atoms with Crippen LogP contribution in [0, 0.1) is 0 Å². The van der Waals surface area contributed by atoms with Crippen molar-refractivity contribution in [1.82, 2.24) is 10.6 Å². The maximum absolute atomic E-state index is 12.9. The van der Waals surface area contributed by atoms with Crippen molar-refractivity contribution < 1.29 is 24.2 Å². The van der Waals surface area contributed by atoms with Crippen LogP contribution in [0.25, 0.3) is 11.1 Å². The maximum Gasteiger partial charge on any atom is 0.407 e. The zero-order valence-electron chi connectivity index (χ0n) is 19.5. The Hall–Kier alpha value is -3.35. The van der Waals surface area contributed by atoms with Crippen LogP contribution in [0.2, 0.25) is 0 Å². The molecule has 2 aliphatic rings. The lowest BCUT2D eigenvalue weighted by molar-refractivity contribution is -0.142. The van der Waals surface area contributed by atoms with Gasteiger partial charge in [0.1, 0.15) is 12.6 Å². The van der Waals surface area contributed by atoms with Crippen LogP contribution in [0.3, 0.4) is 0 Å². The minimum atomic E-state index is -1.06. The van der Waals surface area contributed by atoms with E-state index in [4.69, 9.17) is 4.74 Å². The summed E-state index contributed by atoms with van der Waals surface area (Å²) in [5, 5.41) is 14.8. The summed E-state index contributed by atoms with van der Waals surface area (Å²) in [4.78, 5) is 36.9. The Labute approximate surface area is 199 Å². The average molecular weight is 465 g/mol. The normalized spacial score (nSPS) is 17.2. The molecule has 0 aromatic heterocycles. The van der Waals surface area contributed by atoms with Gasteiger partial charge in [0.05, 0.1) is 5.54 Å². The number of carbonyl (C=O) groups is 3. The van der Waals surface area contributed by atoms with Gasteiger partial charge in [-0.1, -0.05) is 74.7 Å². The van der Waals surface area contributed by atoms with Crippen LogP contribution in [-0.2, 0) is 14.3 Å². The number of hydrogen-bond acceptors (Lipinski definition) is 4. The summed E-state index contributed by atoms with van der Waals surface area (Å²) in [6.07, 6.45) is 3.96. The molecule has 2 amide bonds. The molecule has 1 unspecified atom stereocenters. The first-order valence-corrected chi connectivity index (χ1v) is 12.1. The first kappa shape index (κ1) is 23.8. The molecule has 180 valence electrons. The number of rotatable bonds is 8. The van der Waals surface area contributed by atoms with E-state index >= 15 is 0 Å². The topological polar surface area (TPSA) is 105 Å². The largest absolute Gasteiger partial charge is 0.480 e. The molecule has 2 aliphatic carbocycles. The van der Waals surface area contributed by atoms with Gasteiger partial charge in [-0.2, -0.15) is 0 Å². The minimum absolute atomic E-state index is 0.0374. The molecule has 0 aliphatic heterocycles. The molecule has 0 heterocycles. The Balaban J connectivity index is 1.42. The predicted molar refractivity (Wildman–Crippen MR) is 128 cm³/mol. The Morgan fingerprint density at radius 2 is 1.59 bits per heavy atom. The summed E-state index contributed by atoms with van der Waals surface area (Å²) >= 11 is 0. The van der Waals surface area contributed by atoms with E-state index in [2.05, 4.69) is 34.9 Å². The second kappa shape index (κ2) is 10.3. The van der Waals surface area contributed by atoms with Crippen molar-refractivity contribution in [3.8, 4) is 11.1 Å². The first-order chi connectivity index (χ1) is 16.4. The highest BCUT2D eigenvalue weighted by Gasteiger charge is 2.37. The molecule has 2 aromatic carbocycles. The average Bonchev–Trinajstić information content (AvgIpc) is 3.15. The Bertz CT molecular complexity index is 1010. The molecular formula is C27H32N2O5. The number of benzene rings is 2. The third kappa shape index (κ3) is 5.08. The zero-order chi connectivity index (χ0) is 24.1. The molecule has 0 radical (unpaired) electrons. The van der Waals surface area contributed by atoms with E-state index in [9.17, 15) is 19.5 Å². The summed E-state index contributed by atoms with van der Waals surface area (Å²) in [5.74, 6) is -1.46.